The molecule has 0 aromatic carbocycles. The fourth-order valence-electron chi connectivity index (χ4n) is 1.62. The molecule has 0 radical (unpaired) electrons. The van der Waals surface area contributed by atoms with Crippen molar-refractivity contribution in [3.05, 3.63) is 16.2 Å². The lowest BCUT2D eigenvalue weighted by Crippen LogP contribution is -2.03. The van der Waals surface area contributed by atoms with Crippen LogP contribution in [0, 0.1) is 11.8 Å². The third-order valence-electron chi connectivity index (χ3n) is 2.48. The molecular formula is C13H14ClN3S. The maximum atomic E-state index is 5.93. The first kappa shape index (κ1) is 13.1. The van der Waals surface area contributed by atoms with Gasteiger partial charge in [0.25, 0.3) is 0 Å². The molecule has 18 heavy (non-hydrogen) atoms. The van der Waals surface area contributed by atoms with Gasteiger partial charge >= 0.3 is 0 Å². The Kier molecular flexibility index (Phi) is 4.40. The predicted molar refractivity (Wildman–Crippen MR) is 78.4 cm³/mol. The summed E-state index contributed by atoms with van der Waals surface area (Å²) in [7, 11) is 0. The maximum Gasteiger partial charge on any atom is 0.225 e. The smallest absolute Gasteiger partial charge is 0.225 e. The Labute approximate surface area is 116 Å². The zero-order chi connectivity index (χ0) is 13.0. The summed E-state index contributed by atoms with van der Waals surface area (Å²) in [5.74, 6) is 6.68. The van der Waals surface area contributed by atoms with Crippen LogP contribution < -0.4 is 5.32 Å². The summed E-state index contributed by atoms with van der Waals surface area (Å²) in [5.41, 5.74) is 0. The molecule has 0 fully saturated rings. The molecule has 2 aromatic rings. The minimum Gasteiger partial charge on any atom is -0.368 e. The second kappa shape index (κ2) is 6.03. The molecule has 3 nitrogen and oxygen atoms in total. The molecule has 0 atom stereocenters. The summed E-state index contributed by atoms with van der Waals surface area (Å²) in [6.07, 6.45) is 1.80. The van der Waals surface area contributed by atoms with Crippen LogP contribution in [0.1, 0.15) is 25.1 Å². The second-order valence-corrected chi connectivity index (χ2v) is 5.18. The summed E-state index contributed by atoms with van der Waals surface area (Å²) in [6, 6.07) is 2.13. The standard InChI is InChI=1S/C13H14ClN3S/c1-3-5-6-7-15-11-10-8-9(4-2)18-12(10)17-13(14)16-11/h8H,4,6-7H2,1-2H3,(H,15,16,17). The number of nitrogens with one attached hydrogen (secondary N) is 1. The normalized spacial score (nSPS) is 10.2. The highest BCUT2D eigenvalue weighted by Gasteiger charge is 2.09. The van der Waals surface area contributed by atoms with Gasteiger partial charge in [0.1, 0.15) is 10.6 Å². The lowest BCUT2D eigenvalue weighted by atomic mass is 10.3. The molecule has 0 spiro atoms. The fourth-order valence-corrected chi connectivity index (χ4v) is 2.81. The number of halogens is 1. The molecule has 94 valence electrons. The van der Waals surface area contributed by atoms with Crippen LogP contribution >= 0.6 is 22.9 Å². The molecule has 0 bridgehead atoms. The Bertz CT molecular complexity index is 610. The van der Waals surface area contributed by atoms with Crippen molar-refractivity contribution in [3.63, 3.8) is 0 Å². The summed E-state index contributed by atoms with van der Waals surface area (Å²) in [4.78, 5) is 10.7. The Balaban J connectivity index is 2.28. The number of rotatable bonds is 4. The molecule has 0 amide bonds. The maximum absolute atomic E-state index is 5.93. The fraction of sp³-hybridized carbons (Fsp3) is 0.385. The quantitative estimate of drug-likeness (QED) is 0.526. The highest BCUT2D eigenvalue weighted by atomic mass is 35.5. The number of anilines is 1. The van der Waals surface area contributed by atoms with E-state index in [4.69, 9.17) is 11.6 Å². The number of fused-ring (bicyclic) bond motifs is 1. The number of nitrogens with zero attached hydrogens (tertiary/aromatic N) is 2. The number of hydrogen-bond acceptors (Lipinski definition) is 4. The summed E-state index contributed by atoms with van der Waals surface area (Å²) in [5, 5.41) is 4.60. The average molecular weight is 280 g/mol. The first-order valence-electron chi connectivity index (χ1n) is 5.84. The Morgan fingerprint density at radius 2 is 2.28 bits per heavy atom. The van der Waals surface area contributed by atoms with Crippen molar-refractivity contribution in [1.82, 2.24) is 9.97 Å². The van der Waals surface area contributed by atoms with Crippen molar-refractivity contribution in [2.75, 3.05) is 11.9 Å². The number of thiophene rings is 1. The van der Waals surface area contributed by atoms with Crippen molar-refractivity contribution < 1.29 is 0 Å². The molecular weight excluding hydrogens is 266 g/mol. The summed E-state index contributed by atoms with van der Waals surface area (Å²) < 4.78 is 0. The summed E-state index contributed by atoms with van der Waals surface area (Å²) in [6.45, 7) is 4.73. The van der Waals surface area contributed by atoms with E-state index in [9.17, 15) is 0 Å². The van der Waals surface area contributed by atoms with Crippen LogP contribution in [0.2, 0.25) is 5.28 Å². The van der Waals surface area contributed by atoms with Crippen molar-refractivity contribution in [1.29, 1.82) is 0 Å². The third kappa shape index (κ3) is 2.92. The zero-order valence-corrected chi connectivity index (χ0v) is 12.0. The van der Waals surface area contributed by atoms with Crippen LogP contribution in [0.25, 0.3) is 10.2 Å². The van der Waals surface area contributed by atoms with E-state index in [1.807, 2.05) is 6.92 Å². The van der Waals surface area contributed by atoms with Crippen molar-refractivity contribution in [2.24, 2.45) is 0 Å². The van der Waals surface area contributed by atoms with Gasteiger partial charge in [-0.15, -0.1) is 23.2 Å². The van der Waals surface area contributed by atoms with Gasteiger partial charge in [0.15, 0.2) is 0 Å². The largest absolute Gasteiger partial charge is 0.368 e. The van der Waals surface area contributed by atoms with Crippen LogP contribution in [0.4, 0.5) is 5.82 Å². The summed E-state index contributed by atoms with van der Waals surface area (Å²) >= 11 is 7.60. The number of hydrogen-bond donors (Lipinski definition) is 1. The van der Waals surface area contributed by atoms with E-state index in [1.165, 1.54) is 4.88 Å². The Hall–Kier alpha value is -1.31. The van der Waals surface area contributed by atoms with Crippen molar-refractivity contribution in [2.45, 2.75) is 26.7 Å². The molecule has 0 aliphatic rings. The van der Waals surface area contributed by atoms with E-state index < -0.39 is 0 Å². The first-order chi connectivity index (χ1) is 8.74. The van der Waals surface area contributed by atoms with Crippen LogP contribution in [0.15, 0.2) is 6.07 Å². The predicted octanol–water partition coefficient (Wildman–Crippen LogP) is 3.73. The Morgan fingerprint density at radius 1 is 1.44 bits per heavy atom. The van der Waals surface area contributed by atoms with Gasteiger partial charge in [-0.1, -0.05) is 6.92 Å². The van der Waals surface area contributed by atoms with Gasteiger partial charge in [0.2, 0.25) is 5.28 Å². The molecule has 2 rings (SSSR count). The molecule has 2 aromatic heterocycles. The highest BCUT2D eigenvalue weighted by Crippen LogP contribution is 2.30. The molecule has 5 heteroatoms. The molecule has 0 saturated carbocycles. The van der Waals surface area contributed by atoms with Gasteiger partial charge in [-0.25, -0.2) is 9.97 Å². The number of aryl methyl sites for hydroxylation is 1. The van der Waals surface area contributed by atoms with Gasteiger partial charge in [0, 0.05) is 17.8 Å². The van der Waals surface area contributed by atoms with Gasteiger partial charge in [0.05, 0.1) is 5.39 Å². The van der Waals surface area contributed by atoms with Gasteiger partial charge in [-0.3, -0.25) is 0 Å². The monoisotopic (exact) mass is 279 g/mol. The second-order valence-electron chi connectivity index (χ2n) is 3.73. The van der Waals surface area contributed by atoms with E-state index in [0.29, 0.717) is 0 Å². The van der Waals surface area contributed by atoms with Gasteiger partial charge in [-0.05, 0) is 31.0 Å². The Morgan fingerprint density at radius 3 is 3.00 bits per heavy atom. The van der Waals surface area contributed by atoms with E-state index in [0.717, 1.165) is 35.4 Å². The van der Waals surface area contributed by atoms with Crippen molar-refractivity contribution in [3.8, 4) is 11.8 Å². The lowest BCUT2D eigenvalue weighted by Gasteiger charge is -2.04. The minimum atomic E-state index is 0.288. The van der Waals surface area contributed by atoms with Crippen LogP contribution in [-0.2, 0) is 6.42 Å². The molecule has 0 unspecified atom stereocenters. The van der Waals surface area contributed by atoms with Crippen LogP contribution in [-0.4, -0.2) is 16.5 Å². The van der Waals surface area contributed by atoms with E-state index in [1.54, 1.807) is 11.3 Å². The first-order valence-corrected chi connectivity index (χ1v) is 7.03. The van der Waals surface area contributed by atoms with E-state index in [-0.39, 0.29) is 5.28 Å². The minimum absolute atomic E-state index is 0.288. The topological polar surface area (TPSA) is 37.8 Å². The van der Waals surface area contributed by atoms with E-state index >= 15 is 0 Å². The van der Waals surface area contributed by atoms with Gasteiger partial charge < -0.3 is 5.32 Å². The third-order valence-corrected chi connectivity index (χ3v) is 3.83. The molecule has 2 heterocycles. The average Bonchev–Trinajstić information content (AvgIpc) is 2.77. The van der Waals surface area contributed by atoms with Crippen LogP contribution in [0.3, 0.4) is 0 Å². The molecule has 0 aliphatic heterocycles. The molecule has 0 saturated heterocycles. The molecule has 1 N–H and O–H groups in total. The van der Waals surface area contributed by atoms with Gasteiger partial charge in [-0.2, -0.15) is 0 Å². The van der Waals surface area contributed by atoms with Crippen LogP contribution in [0.5, 0.6) is 0 Å². The number of aromatic nitrogens is 2. The SMILES string of the molecule is CC#CCCNc1nc(Cl)nc2sc(CC)cc12. The molecule has 0 aliphatic carbocycles. The zero-order valence-electron chi connectivity index (χ0n) is 10.4. The van der Waals surface area contributed by atoms with Crippen molar-refractivity contribution >= 4 is 39.0 Å². The highest BCUT2D eigenvalue weighted by molar-refractivity contribution is 7.18. The van der Waals surface area contributed by atoms with E-state index in [2.05, 4.69) is 40.1 Å². The lowest BCUT2D eigenvalue weighted by molar-refractivity contribution is 1.07.